The van der Waals surface area contributed by atoms with E-state index < -0.39 is 11.4 Å². The molecular formula is C26H33NO5. The van der Waals surface area contributed by atoms with Crippen LogP contribution in [0, 0.1) is 11.3 Å². The fourth-order valence-electron chi connectivity index (χ4n) is 4.60. The van der Waals surface area contributed by atoms with Gasteiger partial charge < -0.3 is 19.9 Å². The first-order valence-corrected chi connectivity index (χ1v) is 11.7. The van der Waals surface area contributed by atoms with E-state index in [0.29, 0.717) is 26.1 Å². The van der Waals surface area contributed by atoms with Crippen molar-refractivity contribution in [2.24, 2.45) is 11.3 Å². The second-order valence-electron chi connectivity index (χ2n) is 9.25. The topological polar surface area (TPSA) is 84.9 Å². The Kier molecular flexibility index (Phi) is 7.11. The quantitative estimate of drug-likeness (QED) is 0.626. The van der Waals surface area contributed by atoms with Gasteiger partial charge in [-0.2, -0.15) is 0 Å². The second-order valence-corrected chi connectivity index (χ2v) is 9.25. The third-order valence-electron chi connectivity index (χ3n) is 6.97. The first-order chi connectivity index (χ1) is 15.5. The van der Waals surface area contributed by atoms with Crippen molar-refractivity contribution in [1.82, 2.24) is 5.32 Å². The normalized spacial score (nSPS) is 23.7. The number of hydrogen-bond acceptors (Lipinski definition) is 4. The molecule has 0 bridgehead atoms. The molecule has 2 unspecified atom stereocenters. The summed E-state index contributed by atoms with van der Waals surface area (Å²) < 4.78 is 11.7. The summed E-state index contributed by atoms with van der Waals surface area (Å²) in [6.45, 7) is 3.90. The van der Waals surface area contributed by atoms with Crippen LogP contribution in [-0.4, -0.2) is 42.9 Å². The minimum atomic E-state index is -0.956. The Balaban J connectivity index is 1.44. The molecule has 172 valence electrons. The molecule has 0 spiro atoms. The molecule has 2 atom stereocenters. The van der Waals surface area contributed by atoms with E-state index in [1.807, 2.05) is 6.92 Å². The van der Waals surface area contributed by atoms with Gasteiger partial charge in [0.15, 0.2) is 0 Å². The molecular weight excluding hydrogens is 406 g/mol. The van der Waals surface area contributed by atoms with E-state index in [2.05, 4.69) is 23.5 Å². The van der Waals surface area contributed by atoms with Gasteiger partial charge in [-0.1, -0.05) is 35.9 Å². The summed E-state index contributed by atoms with van der Waals surface area (Å²) in [7, 11) is 0. The average molecular weight is 440 g/mol. The summed E-state index contributed by atoms with van der Waals surface area (Å²) in [6, 6.07) is 6.46. The number of carboxylic acids is 1. The Morgan fingerprint density at radius 3 is 2.56 bits per heavy atom. The third kappa shape index (κ3) is 5.30. The van der Waals surface area contributed by atoms with Crippen LogP contribution in [0.25, 0.3) is 0 Å². The molecule has 1 heterocycles. The lowest BCUT2D eigenvalue weighted by Gasteiger charge is -2.39. The van der Waals surface area contributed by atoms with E-state index >= 15 is 0 Å². The smallest absolute Gasteiger partial charge is 0.335 e. The molecule has 0 aromatic heterocycles. The fraction of sp³-hybridized carbons (Fsp3) is 0.538. The Bertz CT molecular complexity index is 878. The lowest BCUT2D eigenvalue weighted by molar-refractivity contribution is -0.134. The predicted octanol–water partition coefficient (Wildman–Crippen LogP) is 4.43. The van der Waals surface area contributed by atoms with Crippen LogP contribution in [0.15, 0.2) is 48.1 Å². The number of nitrogens with one attached hydrogen (secondary N) is 1. The SMILES string of the molecule is CC(NC(=O)C1(C2=CC=CC(OCC3CC3)CC2)CCOCC1)c1ccc(C(=O)O)cc1. The standard InChI is InChI=1S/C26H33NO5/c1-18(20-7-9-21(10-8-20)24(28)29)27-25(30)26(13-15-31-16-14-26)22-3-2-4-23(12-11-22)32-17-19-5-6-19/h2-4,7-10,18-19,23H,5-6,11-17H2,1H3,(H,27,30)(H,28,29). The Morgan fingerprint density at radius 2 is 1.91 bits per heavy atom. The number of rotatable bonds is 8. The van der Waals surface area contributed by atoms with E-state index in [1.165, 1.54) is 12.8 Å². The highest BCUT2D eigenvalue weighted by Crippen LogP contribution is 2.42. The van der Waals surface area contributed by atoms with Gasteiger partial charge in [-0.3, -0.25) is 4.79 Å². The van der Waals surface area contributed by atoms with Crippen molar-refractivity contribution in [2.45, 2.75) is 57.6 Å². The highest BCUT2D eigenvalue weighted by molar-refractivity contribution is 5.88. The van der Waals surface area contributed by atoms with Crippen LogP contribution in [0.1, 0.15) is 67.4 Å². The lowest BCUT2D eigenvalue weighted by atomic mass is 9.71. The average Bonchev–Trinajstić information content (AvgIpc) is 3.65. The molecule has 6 nitrogen and oxygen atoms in total. The molecule has 0 radical (unpaired) electrons. The molecule has 1 aromatic rings. The number of allylic oxidation sites excluding steroid dienone is 2. The summed E-state index contributed by atoms with van der Waals surface area (Å²) >= 11 is 0. The van der Waals surface area contributed by atoms with Crippen LogP contribution < -0.4 is 5.32 Å². The van der Waals surface area contributed by atoms with Crippen molar-refractivity contribution in [2.75, 3.05) is 19.8 Å². The molecule has 1 amide bonds. The summed E-state index contributed by atoms with van der Waals surface area (Å²) in [5.74, 6) is -0.201. The monoisotopic (exact) mass is 439 g/mol. The van der Waals surface area contributed by atoms with Crippen molar-refractivity contribution in [3.05, 3.63) is 59.2 Å². The van der Waals surface area contributed by atoms with Gasteiger partial charge in [0.25, 0.3) is 0 Å². The number of ether oxygens (including phenoxy) is 2. The van der Waals surface area contributed by atoms with E-state index in [0.717, 1.165) is 36.5 Å². The molecule has 2 aliphatic carbocycles. The predicted molar refractivity (Wildman–Crippen MR) is 121 cm³/mol. The number of carbonyl (C=O) groups is 2. The van der Waals surface area contributed by atoms with Gasteiger partial charge in [0.05, 0.1) is 29.7 Å². The molecule has 6 heteroatoms. The molecule has 1 aromatic carbocycles. The number of carbonyl (C=O) groups excluding carboxylic acids is 1. The van der Waals surface area contributed by atoms with Crippen LogP contribution in [0.5, 0.6) is 0 Å². The van der Waals surface area contributed by atoms with E-state index in [1.54, 1.807) is 24.3 Å². The van der Waals surface area contributed by atoms with Crippen molar-refractivity contribution in [3.8, 4) is 0 Å². The Labute approximate surface area is 189 Å². The molecule has 3 aliphatic rings. The van der Waals surface area contributed by atoms with E-state index in [9.17, 15) is 9.59 Å². The lowest BCUT2D eigenvalue weighted by Crippen LogP contribution is -2.46. The van der Waals surface area contributed by atoms with E-state index in [4.69, 9.17) is 14.6 Å². The number of hydrogen-bond donors (Lipinski definition) is 2. The molecule has 1 saturated heterocycles. The first-order valence-electron chi connectivity index (χ1n) is 11.7. The summed E-state index contributed by atoms with van der Waals surface area (Å²) in [6.07, 6.45) is 12.0. The largest absolute Gasteiger partial charge is 0.478 e. The minimum absolute atomic E-state index is 0.0209. The zero-order valence-corrected chi connectivity index (χ0v) is 18.7. The Morgan fingerprint density at radius 1 is 1.19 bits per heavy atom. The maximum atomic E-state index is 13.6. The number of carboxylic acid groups (broad SMARTS) is 1. The fourth-order valence-corrected chi connectivity index (χ4v) is 4.60. The Hall–Kier alpha value is -2.44. The zero-order chi connectivity index (χ0) is 22.6. The van der Waals surface area contributed by atoms with Gasteiger partial charge in [-0.25, -0.2) is 4.79 Å². The summed E-state index contributed by atoms with van der Waals surface area (Å²) in [5.41, 5.74) is 1.69. The number of benzene rings is 1. The summed E-state index contributed by atoms with van der Waals surface area (Å²) in [5, 5.41) is 12.3. The summed E-state index contributed by atoms with van der Waals surface area (Å²) in [4.78, 5) is 24.7. The van der Waals surface area contributed by atoms with E-state index in [-0.39, 0.29) is 23.6 Å². The van der Waals surface area contributed by atoms with Crippen LogP contribution in [-0.2, 0) is 14.3 Å². The van der Waals surface area contributed by atoms with Gasteiger partial charge in [-0.15, -0.1) is 0 Å². The maximum Gasteiger partial charge on any atom is 0.335 e. The molecule has 1 aliphatic heterocycles. The van der Waals surface area contributed by atoms with Crippen LogP contribution in [0.3, 0.4) is 0 Å². The van der Waals surface area contributed by atoms with Gasteiger partial charge >= 0.3 is 5.97 Å². The van der Waals surface area contributed by atoms with Gasteiger partial charge in [0.1, 0.15) is 0 Å². The maximum absolute atomic E-state index is 13.6. The van der Waals surface area contributed by atoms with Crippen molar-refractivity contribution in [3.63, 3.8) is 0 Å². The molecule has 1 saturated carbocycles. The van der Waals surface area contributed by atoms with Crippen LogP contribution in [0.2, 0.25) is 0 Å². The number of aromatic carboxylic acids is 1. The first kappa shape index (κ1) is 22.7. The second kappa shape index (κ2) is 10.0. The molecule has 4 rings (SSSR count). The highest BCUT2D eigenvalue weighted by Gasteiger charge is 2.43. The third-order valence-corrected chi connectivity index (χ3v) is 6.97. The highest BCUT2D eigenvalue weighted by atomic mass is 16.5. The van der Waals surface area contributed by atoms with Crippen molar-refractivity contribution >= 4 is 11.9 Å². The van der Waals surface area contributed by atoms with Crippen molar-refractivity contribution < 1.29 is 24.2 Å². The van der Waals surface area contributed by atoms with Crippen LogP contribution >= 0.6 is 0 Å². The zero-order valence-electron chi connectivity index (χ0n) is 18.7. The van der Waals surface area contributed by atoms with Crippen LogP contribution in [0.4, 0.5) is 0 Å². The molecule has 2 N–H and O–H groups in total. The molecule has 32 heavy (non-hydrogen) atoms. The number of amides is 1. The van der Waals surface area contributed by atoms with Gasteiger partial charge in [-0.05, 0) is 69.1 Å². The molecule has 2 fully saturated rings. The van der Waals surface area contributed by atoms with Gasteiger partial charge in [0.2, 0.25) is 5.91 Å². The minimum Gasteiger partial charge on any atom is -0.478 e. The van der Waals surface area contributed by atoms with Crippen molar-refractivity contribution in [1.29, 1.82) is 0 Å². The van der Waals surface area contributed by atoms with Gasteiger partial charge in [0, 0.05) is 13.2 Å².